The maximum Gasteiger partial charge on any atom is 0.293 e. The maximum atomic E-state index is 13.0. The fourth-order valence-electron chi connectivity index (χ4n) is 3.57. The minimum atomic E-state index is -0.350. The number of rotatable bonds is 4. The number of aryl methyl sites for hydroxylation is 1. The Morgan fingerprint density at radius 3 is 2.41 bits per heavy atom. The van der Waals surface area contributed by atoms with Crippen molar-refractivity contribution in [1.82, 2.24) is 9.47 Å². The van der Waals surface area contributed by atoms with E-state index in [-0.39, 0.29) is 17.7 Å². The Kier molecular flexibility index (Phi) is 6.66. The summed E-state index contributed by atoms with van der Waals surface area (Å²) in [4.78, 5) is 27.0. The van der Waals surface area contributed by atoms with Crippen molar-refractivity contribution in [2.24, 2.45) is 0 Å². The monoisotopic (exact) mass is 524 g/mol. The number of nitrogens with zero attached hydrogens (tertiary/aromatic N) is 2. The van der Waals surface area contributed by atoms with E-state index in [0.717, 1.165) is 40.0 Å². The third kappa shape index (κ3) is 4.33. The van der Waals surface area contributed by atoms with E-state index in [2.05, 4.69) is 0 Å². The van der Waals surface area contributed by atoms with Crippen molar-refractivity contribution < 1.29 is 9.59 Å². The summed E-state index contributed by atoms with van der Waals surface area (Å²) >= 11 is 25.5. The molecule has 4 rings (SSSR count). The van der Waals surface area contributed by atoms with Crippen LogP contribution in [0.1, 0.15) is 22.5 Å². The van der Waals surface area contributed by atoms with Gasteiger partial charge in [-0.3, -0.25) is 14.5 Å². The molecule has 1 fully saturated rings. The molecule has 0 saturated carbocycles. The molecule has 0 unspecified atom stereocenters. The number of carbonyl (C=O) groups excluding carboxylic acids is 2. The predicted molar refractivity (Wildman–Crippen MR) is 133 cm³/mol. The van der Waals surface area contributed by atoms with Gasteiger partial charge in [-0.15, -0.1) is 0 Å². The standard InChI is InChI=1S/C23H16Cl4N2O2S/c1-12-8-15(13(2)29(12)19-5-3-4-17(25)21(19)27)10-20-22(30)28(23(31)32-20)11-14-6-7-16(24)18(26)9-14/h3-10H,11H2,1-2H3/b20-10-. The van der Waals surface area contributed by atoms with Gasteiger partial charge >= 0.3 is 0 Å². The molecule has 0 bridgehead atoms. The van der Waals surface area contributed by atoms with E-state index < -0.39 is 0 Å². The molecule has 0 atom stereocenters. The van der Waals surface area contributed by atoms with Crippen LogP contribution in [0.15, 0.2) is 47.4 Å². The van der Waals surface area contributed by atoms with Crippen molar-refractivity contribution >= 4 is 75.4 Å². The van der Waals surface area contributed by atoms with Crippen LogP contribution in [-0.4, -0.2) is 20.6 Å². The second-order valence-electron chi connectivity index (χ2n) is 7.25. The number of hydrogen-bond donors (Lipinski definition) is 0. The number of imide groups is 1. The lowest BCUT2D eigenvalue weighted by Gasteiger charge is -2.13. The van der Waals surface area contributed by atoms with Crippen LogP contribution < -0.4 is 0 Å². The van der Waals surface area contributed by atoms with Gasteiger partial charge in [-0.2, -0.15) is 0 Å². The van der Waals surface area contributed by atoms with Gasteiger partial charge in [0.05, 0.1) is 37.2 Å². The van der Waals surface area contributed by atoms with Crippen LogP contribution in [-0.2, 0) is 11.3 Å². The molecular weight excluding hydrogens is 510 g/mol. The molecule has 0 spiro atoms. The molecular formula is C23H16Cl4N2O2S. The van der Waals surface area contributed by atoms with Crippen molar-refractivity contribution in [3.8, 4) is 5.69 Å². The van der Waals surface area contributed by atoms with Gasteiger partial charge in [-0.1, -0.05) is 58.5 Å². The van der Waals surface area contributed by atoms with E-state index in [4.69, 9.17) is 46.4 Å². The predicted octanol–water partition coefficient (Wildman–Crippen LogP) is 7.94. The number of carbonyl (C=O) groups is 2. The number of thioether (sulfide) groups is 1. The first-order chi connectivity index (χ1) is 15.2. The fourth-order valence-corrected chi connectivity index (χ4v) is 5.10. The zero-order valence-electron chi connectivity index (χ0n) is 17.0. The first-order valence-electron chi connectivity index (χ1n) is 9.50. The number of hydrogen-bond acceptors (Lipinski definition) is 3. The third-order valence-electron chi connectivity index (χ3n) is 5.13. The number of benzene rings is 2. The largest absolute Gasteiger partial charge is 0.316 e. The Balaban J connectivity index is 1.65. The molecule has 0 radical (unpaired) electrons. The van der Waals surface area contributed by atoms with Crippen LogP contribution in [0.2, 0.25) is 20.1 Å². The van der Waals surface area contributed by atoms with Crippen LogP contribution in [0, 0.1) is 13.8 Å². The highest BCUT2D eigenvalue weighted by atomic mass is 35.5. The van der Waals surface area contributed by atoms with Crippen molar-refractivity contribution in [3.05, 3.63) is 90.0 Å². The fraction of sp³-hybridized carbons (Fsp3) is 0.130. The van der Waals surface area contributed by atoms with Crippen LogP contribution >= 0.6 is 58.2 Å². The topological polar surface area (TPSA) is 42.3 Å². The van der Waals surface area contributed by atoms with Gasteiger partial charge in [0, 0.05) is 11.4 Å². The van der Waals surface area contributed by atoms with Crippen LogP contribution in [0.4, 0.5) is 4.79 Å². The second kappa shape index (κ2) is 9.16. The molecule has 1 aliphatic rings. The summed E-state index contributed by atoms with van der Waals surface area (Å²) < 4.78 is 1.97. The van der Waals surface area contributed by atoms with E-state index >= 15 is 0 Å². The number of halogens is 4. The molecule has 9 heteroatoms. The highest BCUT2D eigenvalue weighted by Crippen LogP contribution is 2.36. The molecule has 2 aromatic carbocycles. The third-order valence-corrected chi connectivity index (χ3v) is 7.58. The second-order valence-corrected chi connectivity index (χ2v) is 9.84. The minimum absolute atomic E-state index is 0.121. The summed E-state index contributed by atoms with van der Waals surface area (Å²) in [5, 5.41) is 1.36. The molecule has 2 amide bonds. The Hall–Kier alpha value is -1.89. The molecule has 164 valence electrons. The van der Waals surface area contributed by atoms with Crippen LogP contribution in [0.25, 0.3) is 11.8 Å². The molecule has 1 aromatic heterocycles. The summed E-state index contributed by atoms with van der Waals surface area (Å²) in [5.74, 6) is -0.350. The summed E-state index contributed by atoms with van der Waals surface area (Å²) in [5.41, 5.74) is 4.09. The van der Waals surface area contributed by atoms with Crippen LogP contribution in [0.3, 0.4) is 0 Å². The quantitative estimate of drug-likeness (QED) is 0.324. The first-order valence-corrected chi connectivity index (χ1v) is 11.8. The lowest BCUT2D eigenvalue weighted by molar-refractivity contribution is -0.123. The Morgan fingerprint density at radius 1 is 0.938 bits per heavy atom. The van der Waals surface area contributed by atoms with Gasteiger partial charge in [0.25, 0.3) is 11.1 Å². The van der Waals surface area contributed by atoms with Crippen molar-refractivity contribution in [3.63, 3.8) is 0 Å². The Bertz CT molecular complexity index is 1300. The molecule has 3 aromatic rings. The maximum absolute atomic E-state index is 13.0. The molecule has 1 aliphatic heterocycles. The highest BCUT2D eigenvalue weighted by molar-refractivity contribution is 8.18. The molecule has 2 heterocycles. The van der Waals surface area contributed by atoms with Gasteiger partial charge in [-0.25, -0.2) is 0 Å². The van der Waals surface area contributed by atoms with Crippen molar-refractivity contribution in [1.29, 1.82) is 0 Å². The zero-order valence-corrected chi connectivity index (χ0v) is 20.8. The Labute approximate surface area is 209 Å². The van der Waals surface area contributed by atoms with Gasteiger partial charge < -0.3 is 4.57 Å². The van der Waals surface area contributed by atoms with E-state index in [0.29, 0.717) is 25.0 Å². The summed E-state index contributed by atoms with van der Waals surface area (Å²) in [7, 11) is 0. The lowest BCUT2D eigenvalue weighted by Crippen LogP contribution is -2.27. The van der Waals surface area contributed by atoms with Crippen LogP contribution in [0.5, 0.6) is 0 Å². The average molecular weight is 526 g/mol. The molecule has 32 heavy (non-hydrogen) atoms. The SMILES string of the molecule is Cc1cc(/C=C2\SC(=O)N(Cc3ccc(Cl)c(Cl)c3)C2=O)c(C)n1-c1cccc(Cl)c1Cl. The lowest BCUT2D eigenvalue weighted by atomic mass is 10.2. The molecule has 1 saturated heterocycles. The highest BCUT2D eigenvalue weighted by Gasteiger charge is 2.35. The molecule has 0 aliphatic carbocycles. The van der Waals surface area contributed by atoms with Gasteiger partial charge in [-0.05, 0) is 73.1 Å². The summed E-state index contributed by atoms with van der Waals surface area (Å²) in [6.07, 6.45) is 1.73. The van der Waals surface area contributed by atoms with Crippen molar-refractivity contribution in [2.45, 2.75) is 20.4 Å². The van der Waals surface area contributed by atoms with E-state index in [1.165, 1.54) is 4.90 Å². The smallest absolute Gasteiger partial charge is 0.293 e. The van der Waals surface area contributed by atoms with E-state index in [1.807, 2.05) is 36.6 Å². The van der Waals surface area contributed by atoms with Gasteiger partial charge in [0.2, 0.25) is 0 Å². The normalized spacial score (nSPS) is 15.3. The van der Waals surface area contributed by atoms with Crippen molar-refractivity contribution in [2.75, 3.05) is 0 Å². The zero-order chi connectivity index (χ0) is 23.2. The summed E-state index contributed by atoms with van der Waals surface area (Å²) in [6, 6.07) is 12.4. The minimum Gasteiger partial charge on any atom is -0.316 e. The number of aromatic nitrogens is 1. The van der Waals surface area contributed by atoms with Gasteiger partial charge in [0.15, 0.2) is 0 Å². The average Bonchev–Trinajstić information content (AvgIpc) is 3.16. The summed E-state index contributed by atoms with van der Waals surface area (Å²) in [6.45, 7) is 3.99. The van der Waals surface area contributed by atoms with Gasteiger partial charge in [0.1, 0.15) is 0 Å². The number of amides is 2. The van der Waals surface area contributed by atoms with E-state index in [1.54, 1.807) is 30.3 Å². The Morgan fingerprint density at radius 2 is 1.69 bits per heavy atom. The molecule has 4 nitrogen and oxygen atoms in total. The van der Waals surface area contributed by atoms with E-state index in [9.17, 15) is 9.59 Å². The first kappa shape index (κ1) is 23.3. The molecule has 0 N–H and O–H groups in total.